The number of nitrogens with two attached hydrogens (primary N) is 1. The van der Waals surface area contributed by atoms with E-state index in [0.717, 1.165) is 12.6 Å². The quantitative estimate of drug-likeness (QED) is 0.664. The molecule has 114 valence electrons. The summed E-state index contributed by atoms with van der Waals surface area (Å²) in [5, 5.41) is 11.0. The number of rotatable bonds is 2. The Morgan fingerprint density at radius 2 is 2.19 bits per heavy atom. The van der Waals surface area contributed by atoms with Crippen LogP contribution in [0.15, 0.2) is 12.3 Å². The van der Waals surface area contributed by atoms with Crippen LogP contribution < -0.4 is 5.73 Å². The van der Waals surface area contributed by atoms with Crippen LogP contribution in [-0.2, 0) is 0 Å². The van der Waals surface area contributed by atoms with Crippen LogP contribution in [0.5, 0.6) is 0 Å². The highest BCUT2D eigenvalue weighted by Gasteiger charge is 2.36. The molecule has 0 radical (unpaired) electrons. The molecule has 1 aromatic rings. The second kappa shape index (κ2) is 5.31. The van der Waals surface area contributed by atoms with Crippen LogP contribution in [0, 0.1) is 21.4 Å². The van der Waals surface area contributed by atoms with Crippen molar-refractivity contribution in [1.82, 2.24) is 9.88 Å². The molecule has 1 aliphatic heterocycles. The second-order valence-electron chi connectivity index (χ2n) is 6.49. The number of hydrogen-bond acceptors (Lipinski definition) is 5. The molecule has 1 atom stereocenters. The lowest BCUT2D eigenvalue weighted by Crippen LogP contribution is -2.31. The number of carbonyl (C=O) groups is 1. The third-order valence-electron chi connectivity index (χ3n) is 4.03. The van der Waals surface area contributed by atoms with Crippen molar-refractivity contribution in [2.45, 2.75) is 27.2 Å². The van der Waals surface area contributed by atoms with E-state index in [1.54, 1.807) is 4.90 Å². The number of pyridine rings is 1. The van der Waals surface area contributed by atoms with Crippen LogP contribution in [0.3, 0.4) is 0 Å². The maximum absolute atomic E-state index is 12.5. The van der Waals surface area contributed by atoms with Crippen molar-refractivity contribution in [1.29, 1.82) is 0 Å². The van der Waals surface area contributed by atoms with Crippen LogP contribution in [0.4, 0.5) is 11.5 Å². The van der Waals surface area contributed by atoms with Gasteiger partial charge in [0.15, 0.2) is 0 Å². The average Bonchev–Trinajstić information content (AvgIpc) is 2.86. The fraction of sp³-hybridized carbons (Fsp3) is 0.571. The van der Waals surface area contributed by atoms with Crippen LogP contribution in [0.2, 0.25) is 0 Å². The Balaban J connectivity index is 2.26. The zero-order valence-corrected chi connectivity index (χ0v) is 12.5. The van der Waals surface area contributed by atoms with Gasteiger partial charge < -0.3 is 10.6 Å². The Kier molecular flexibility index (Phi) is 3.85. The molecule has 0 aliphatic carbocycles. The fourth-order valence-electron chi connectivity index (χ4n) is 2.60. The Morgan fingerprint density at radius 3 is 2.71 bits per heavy atom. The van der Waals surface area contributed by atoms with Gasteiger partial charge in [0.2, 0.25) is 0 Å². The number of aromatic nitrogens is 1. The van der Waals surface area contributed by atoms with Gasteiger partial charge in [-0.2, -0.15) is 0 Å². The molecule has 0 spiro atoms. The first-order chi connectivity index (χ1) is 9.70. The van der Waals surface area contributed by atoms with Crippen molar-refractivity contribution in [2.24, 2.45) is 11.3 Å². The van der Waals surface area contributed by atoms with Crippen LogP contribution in [0.1, 0.15) is 37.6 Å². The maximum atomic E-state index is 12.5. The summed E-state index contributed by atoms with van der Waals surface area (Å²) in [7, 11) is 0. The first-order valence-corrected chi connectivity index (χ1v) is 6.89. The summed E-state index contributed by atoms with van der Waals surface area (Å²) in [5.74, 6) is 0.151. The first kappa shape index (κ1) is 15.2. The van der Waals surface area contributed by atoms with Crippen LogP contribution in [-0.4, -0.2) is 33.8 Å². The van der Waals surface area contributed by atoms with Gasteiger partial charge in [-0.3, -0.25) is 14.9 Å². The minimum atomic E-state index is -0.600. The van der Waals surface area contributed by atoms with E-state index in [-0.39, 0.29) is 28.4 Å². The Labute approximate surface area is 123 Å². The molecule has 1 aliphatic rings. The molecule has 2 N–H and O–H groups in total. The Morgan fingerprint density at radius 1 is 1.52 bits per heavy atom. The number of amides is 1. The standard InChI is InChI=1S/C14H20N4O3/c1-14(2,3)9-4-5-17(8-9)13(19)10-6-12(15)16-7-11(10)18(20)21/h6-7,9H,4-5,8H2,1-3H3,(H2,15,16). The molecule has 1 saturated heterocycles. The summed E-state index contributed by atoms with van der Waals surface area (Å²) in [6, 6.07) is 1.28. The summed E-state index contributed by atoms with van der Waals surface area (Å²) in [6.07, 6.45) is 1.95. The van der Waals surface area contributed by atoms with E-state index in [2.05, 4.69) is 25.8 Å². The minimum absolute atomic E-state index is 0.0158. The summed E-state index contributed by atoms with van der Waals surface area (Å²) < 4.78 is 0. The molecule has 1 unspecified atom stereocenters. The third kappa shape index (κ3) is 3.12. The van der Waals surface area contributed by atoms with Gasteiger partial charge in [-0.05, 0) is 23.8 Å². The molecule has 1 aromatic heterocycles. The molecule has 0 saturated carbocycles. The highest BCUT2D eigenvalue weighted by Crippen LogP contribution is 2.34. The van der Waals surface area contributed by atoms with E-state index in [1.807, 2.05) is 0 Å². The van der Waals surface area contributed by atoms with Crippen LogP contribution in [0.25, 0.3) is 0 Å². The molecule has 2 rings (SSSR count). The summed E-state index contributed by atoms with van der Waals surface area (Å²) in [6.45, 7) is 7.64. The number of nitrogens with zero attached hydrogens (tertiary/aromatic N) is 3. The minimum Gasteiger partial charge on any atom is -0.384 e. The van der Waals surface area contributed by atoms with Gasteiger partial charge in [0.25, 0.3) is 11.6 Å². The van der Waals surface area contributed by atoms with E-state index >= 15 is 0 Å². The van der Waals surface area contributed by atoms with Crippen molar-refractivity contribution < 1.29 is 9.72 Å². The zero-order valence-electron chi connectivity index (χ0n) is 12.5. The molecule has 0 bridgehead atoms. The molecule has 2 heterocycles. The molecule has 7 heteroatoms. The number of carbonyl (C=O) groups excluding carboxylic acids is 1. The lowest BCUT2D eigenvalue weighted by Gasteiger charge is -2.26. The van der Waals surface area contributed by atoms with Crippen molar-refractivity contribution in [2.75, 3.05) is 18.8 Å². The van der Waals surface area contributed by atoms with Gasteiger partial charge in [-0.1, -0.05) is 20.8 Å². The first-order valence-electron chi connectivity index (χ1n) is 6.89. The smallest absolute Gasteiger partial charge is 0.300 e. The number of likely N-dealkylation sites (tertiary alicyclic amines) is 1. The van der Waals surface area contributed by atoms with E-state index in [9.17, 15) is 14.9 Å². The fourth-order valence-corrected chi connectivity index (χ4v) is 2.60. The lowest BCUT2D eigenvalue weighted by atomic mass is 9.80. The number of hydrogen-bond donors (Lipinski definition) is 1. The van der Waals surface area contributed by atoms with E-state index < -0.39 is 4.92 Å². The molecule has 21 heavy (non-hydrogen) atoms. The summed E-state index contributed by atoms with van der Waals surface area (Å²) >= 11 is 0. The molecule has 7 nitrogen and oxygen atoms in total. The largest absolute Gasteiger partial charge is 0.384 e. The van der Waals surface area contributed by atoms with Gasteiger partial charge in [0.05, 0.1) is 4.92 Å². The maximum Gasteiger partial charge on any atom is 0.300 e. The van der Waals surface area contributed by atoms with Crippen molar-refractivity contribution in [3.63, 3.8) is 0 Å². The Bertz CT molecular complexity index is 580. The third-order valence-corrected chi connectivity index (χ3v) is 4.03. The molecule has 1 amide bonds. The highest BCUT2D eigenvalue weighted by atomic mass is 16.6. The van der Waals surface area contributed by atoms with E-state index in [0.29, 0.717) is 19.0 Å². The topological polar surface area (TPSA) is 102 Å². The van der Waals surface area contributed by atoms with Gasteiger partial charge in [-0.25, -0.2) is 4.98 Å². The van der Waals surface area contributed by atoms with Crippen molar-refractivity contribution in [3.05, 3.63) is 27.9 Å². The van der Waals surface area contributed by atoms with Crippen molar-refractivity contribution >= 4 is 17.4 Å². The highest BCUT2D eigenvalue weighted by molar-refractivity contribution is 5.98. The van der Waals surface area contributed by atoms with Crippen molar-refractivity contribution in [3.8, 4) is 0 Å². The number of nitro groups is 1. The SMILES string of the molecule is CC(C)(C)C1CCN(C(=O)c2cc(N)ncc2[N+](=O)[O-])C1. The summed E-state index contributed by atoms with van der Waals surface area (Å²) in [5.41, 5.74) is 5.38. The monoisotopic (exact) mass is 292 g/mol. The molecule has 0 aromatic carbocycles. The predicted molar refractivity (Wildman–Crippen MR) is 78.8 cm³/mol. The van der Waals surface area contributed by atoms with E-state index in [4.69, 9.17) is 5.73 Å². The zero-order chi connectivity index (χ0) is 15.8. The van der Waals surface area contributed by atoms with Crippen LogP contribution >= 0.6 is 0 Å². The molecular formula is C14H20N4O3. The average molecular weight is 292 g/mol. The van der Waals surface area contributed by atoms with E-state index in [1.165, 1.54) is 6.07 Å². The lowest BCUT2D eigenvalue weighted by molar-refractivity contribution is -0.385. The van der Waals surface area contributed by atoms with Gasteiger partial charge in [0.1, 0.15) is 17.6 Å². The normalized spacial score (nSPS) is 18.8. The van der Waals surface area contributed by atoms with Gasteiger partial charge in [0, 0.05) is 13.1 Å². The second-order valence-corrected chi connectivity index (χ2v) is 6.49. The Hall–Kier alpha value is -2.18. The molecular weight excluding hydrogens is 272 g/mol. The number of nitrogen functional groups attached to an aromatic ring is 1. The molecule has 1 fully saturated rings. The van der Waals surface area contributed by atoms with Gasteiger partial charge >= 0.3 is 0 Å². The van der Waals surface area contributed by atoms with Gasteiger partial charge in [-0.15, -0.1) is 0 Å². The predicted octanol–water partition coefficient (Wildman–Crippen LogP) is 2.08. The summed E-state index contributed by atoms with van der Waals surface area (Å²) in [4.78, 5) is 28.3. The number of anilines is 1.